The van der Waals surface area contributed by atoms with Gasteiger partial charge in [-0.1, -0.05) is 6.07 Å². The van der Waals surface area contributed by atoms with Crippen molar-refractivity contribution in [3.05, 3.63) is 29.5 Å². The van der Waals surface area contributed by atoms with Gasteiger partial charge in [-0.2, -0.15) is 13.2 Å². The summed E-state index contributed by atoms with van der Waals surface area (Å²) in [7, 11) is 0. The molecule has 6 heteroatoms. The number of hydrogen-bond donors (Lipinski definition) is 1. The molecule has 0 aliphatic carbocycles. The van der Waals surface area contributed by atoms with Crippen LogP contribution in [0.4, 0.5) is 18.9 Å². The van der Waals surface area contributed by atoms with E-state index in [1.54, 1.807) is 0 Å². The van der Waals surface area contributed by atoms with Gasteiger partial charge >= 0.3 is 6.18 Å². The maximum Gasteiger partial charge on any atom is 0.420 e. The normalized spacial score (nSPS) is 14.6. The van der Waals surface area contributed by atoms with Crippen molar-refractivity contribution in [3.8, 4) is 5.75 Å². The molecule has 0 bridgehead atoms. The van der Waals surface area contributed by atoms with Crippen molar-refractivity contribution in [2.45, 2.75) is 6.18 Å². The fraction of sp³-hybridized carbons (Fsp3) is 0.200. The molecule has 1 aromatic rings. The highest BCUT2D eigenvalue weighted by Gasteiger charge is 2.36. The Labute approximate surface area is 88.5 Å². The molecule has 0 amide bonds. The number of carbonyl (C=O) groups excluding carboxylic acids is 1. The Kier molecular flexibility index (Phi) is 2.36. The minimum Gasteiger partial charge on any atom is -0.445 e. The van der Waals surface area contributed by atoms with E-state index in [9.17, 15) is 18.0 Å². The van der Waals surface area contributed by atoms with Gasteiger partial charge in [-0.3, -0.25) is 0 Å². The van der Waals surface area contributed by atoms with Gasteiger partial charge in [-0.15, -0.1) is 0 Å². The number of hydrogen-bond acceptors (Lipinski definition) is 3. The molecule has 1 aromatic carbocycles. The molecule has 84 valence electrons. The predicted molar refractivity (Wildman–Crippen MR) is 49.8 cm³/mol. The summed E-state index contributed by atoms with van der Waals surface area (Å²) < 4.78 is 42.6. The number of ether oxygens (including phenoxy) is 1. The Morgan fingerprint density at radius 2 is 2.12 bits per heavy atom. The summed E-state index contributed by atoms with van der Waals surface area (Å²) in [5.41, 5.74) is -0.696. The molecular formula is C10H6F3NO2. The minimum absolute atomic E-state index is 0.0395. The first-order valence-corrected chi connectivity index (χ1v) is 4.38. The number of alkyl halides is 3. The molecule has 0 saturated heterocycles. The fourth-order valence-corrected chi connectivity index (χ4v) is 1.40. The number of benzene rings is 1. The van der Waals surface area contributed by atoms with E-state index < -0.39 is 11.7 Å². The lowest BCUT2D eigenvalue weighted by molar-refractivity contribution is -0.138. The van der Waals surface area contributed by atoms with E-state index in [0.29, 0.717) is 0 Å². The molecule has 0 fully saturated rings. The predicted octanol–water partition coefficient (Wildman–Crippen LogP) is 2.23. The van der Waals surface area contributed by atoms with Gasteiger partial charge in [0.05, 0.1) is 12.2 Å². The van der Waals surface area contributed by atoms with E-state index in [0.717, 1.165) is 6.07 Å². The van der Waals surface area contributed by atoms with Gasteiger partial charge < -0.3 is 10.1 Å². The molecule has 0 saturated carbocycles. The highest BCUT2D eigenvalue weighted by molar-refractivity contribution is 5.67. The van der Waals surface area contributed by atoms with Crippen LogP contribution in [0.3, 0.4) is 0 Å². The molecule has 0 atom stereocenters. The lowest BCUT2D eigenvalue weighted by Crippen LogP contribution is -2.20. The van der Waals surface area contributed by atoms with Crippen LogP contribution < -0.4 is 10.1 Å². The van der Waals surface area contributed by atoms with E-state index >= 15 is 0 Å². The fourth-order valence-electron chi connectivity index (χ4n) is 1.40. The molecule has 0 spiro atoms. The lowest BCUT2D eigenvalue weighted by atomic mass is 10.1. The minimum atomic E-state index is -4.52. The third-order valence-corrected chi connectivity index (χ3v) is 2.10. The first-order chi connectivity index (χ1) is 7.52. The first-order valence-electron chi connectivity index (χ1n) is 4.38. The Hall–Kier alpha value is -1.94. The third-order valence-electron chi connectivity index (χ3n) is 2.10. The van der Waals surface area contributed by atoms with Crippen LogP contribution in [0.15, 0.2) is 24.0 Å². The second kappa shape index (κ2) is 3.57. The summed E-state index contributed by atoms with van der Waals surface area (Å²) in [5.74, 6) is 0.872. The van der Waals surface area contributed by atoms with Crippen LogP contribution in [0.2, 0.25) is 0 Å². The summed E-state index contributed by atoms with van der Waals surface area (Å²) in [6.45, 7) is 0.0395. The van der Waals surface area contributed by atoms with Crippen LogP contribution in [-0.2, 0) is 11.0 Å². The van der Waals surface area contributed by atoms with Gasteiger partial charge in [-0.05, 0) is 12.1 Å². The quantitative estimate of drug-likeness (QED) is 0.693. The summed E-state index contributed by atoms with van der Waals surface area (Å²) in [6.07, 6.45) is -4.52. The SMILES string of the molecule is O=C=C1CNc2cccc(C(F)(F)F)c2O1. The summed E-state index contributed by atoms with van der Waals surface area (Å²) in [5, 5.41) is 2.65. The van der Waals surface area contributed by atoms with Crippen LogP contribution in [0.25, 0.3) is 0 Å². The first kappa shape index (κ1) is 10.6. The molecule has 16 heavy (non-hydrogen) atoms. The van der Waals surface area contributed by atoms with Crippen LogP contribution in [-0.4, -0.2) is 12.5 Å². The second-order valence-corrected chi connectivity index (χ2v) is 3.16. The largest absolute Gasteiger partial charge is 0.445 e. The Morgan fingerprint density at radius 1 is 1.38 bits per heavy atom. The average molecular weight is 229 g/mol. The molecule has 1 N–H and O–H groups in total. The van der Waals surface area contributed by atoms with Gasteiger partial charge in [0.25, 0.3) is 0 Å². The van der Waals surface area contributed by atoms with Crippen LogP contribution in [0, 0.1) is 0 Å². The van der Waals surface area contributed by atoms with Crippen molar-refractivity contribution in [3.63, 3.8) is 0 Å². The third kappa shape index (κ3) is 1.75. The summed E-state index contributed by atoms with van der Waals surface area (Å²) >= 11 is 0. The molecular weight excluding hydrogens is 223 g/mol. The average Bonchev–Trinajstić information content (AvgIpc) is 2.26. The van der Waals surface area contributed by atoms with Gasteiger partial charge in [0.2, 0.25) is 5.76 Å². The molecule has 3 nitrogen and oxygen atoms in total. The molecule has 0 aromatic heterocycles. The van der Waals surface area contributed by atoms with Gasteiger partial charge in [0.15, 0.2) is 11.7 Å². The van der Waals surface area contributed by atoms with Crippen molar-refractivity contribution < 1.29 is 22.7 Å². The summed E-state index contributed by atoms with van der Waals surface area (Å²) in [6, 6.07) is 3.62. The standard InChI is InChI=1S/C10H6F3NO2/c11-10(12,13)7-2-1-3-8-9(7)16-6(5-15)4-14-8/h1-3,14H,4H2. The Bertz CT molecular complexity index is 475. The van der Waals surface area contributed by atoms with E-state index in [4.69, 9.17) is 4.74 Å². The highest BCUT2D eigenvalue weighted by atomic mass is 19.4. The second-order valence-electron chi connectivity index (χ2n) is 3.16. The number of para-hydroxylation sites is 1. The zero-order chi connectivity index (χ0) is 11.8. The Morgan fingerprint density at radius 3 is 2.75 bits per heavy atom. The molecule has 1 aliphatic rings. The Balaban J connectivity index is 2.55. The molecule has 0 unspecified atom stereocenters. The van der Waals surface area contributed by atoms with Crippen molar-refractivity contribution in [1.82, 2.24) is 0 Å². The molecule has 1 aliphatic heterocycles. The van der Waals surface area contributed by atoms with Crippen molar-refractivity contribution in [1.29, 1.82) is 0 Å². The highest BCUT2D eigenvalue weighted by Crippen LogP contribution is 2.42. The van der Waals surface area contributed by atoms with Gasteiger partial charge in [-0.25, -0.2) is 4.79 Å². The van der Waals surface area contributed by atoms with Crippen LogP contribution in [0.5, 0.6) is 5.75 Å². The number of nitrogens with one attached hydrogen (secondary N) is 1. The van der Waals surface area contributed by atoms with Crippen LogP contribution in [0.1, 0.15) is 5.56 Å². The van der Waals surface area contributed by atoms with Crippen molar-refractivity contribution in [2.75, 3.05) is 11.9 Å². The molecule has 2 rings (SSSR count). The number of anilines is 1. The van der Waals surface area contributed by atoms with E-state index in [1.807, 2.05) is 0 Å². The maximum absolute atomic E-state index is 12.6. The maximum atomic E-state index is 12.6. The van der Waals surface area contributed by atoms with Crippen molar-refractivity contribution in [2.24, 2.45) is 0 Å². The van der Waals surface area contributed by atoms with E-state index in [-0.39, 0.29) is 23.7 Å². The van der Waals surface area contributed by atoms with E-state index in [1.165, 1.54) is 18.1 Å². The van der Waals surface area contributed by atoms with Gasteiger partial charge in [0.1, 0.15) is 5.56 Å². The van der Waals surface area contributed by atoms with Crippen LogP contribution >= 0.6 is 0 Å². The molecule has 0 radical (unpaired) electrons. The number of halogens is 3. The smallest absolute Gasteiger partial charge is 0.420 e. The summed E-state index contributed by atoms with van der Waals surface area (Å²) in [4.78, 5) is 10.3. The monoisotopic (exact) mass is 229 g/mol. The van der Waals surface area contributed by atoms with Gasteiger partial charge in [0, 0.05) is 0 Å². The zero-order valence-electron chi connectivity index (χ0n) is 7.89. The lowest BCUT2D eigenvalue weighted by Gasteiger charge is -2.22. The number of fused-ring (bicyclic) bond motifs is 1. The molecule has 1 heterocycles. The zero-order valence-corrected chi connectivity index (χ0v) is 7.89. The number of rotatable bonds is 0. The van der Waals surface area contributed by atoms with Crippen molar-refractivity contribution >= 4 is 11.6 Å². The topological polar surface area (TPSA) is 38.3 Å². The van der Waals surface area contributed by atoms with E-state index in [2.05, 4.69) is 5.32 Å².